The first-order chi connectivity index (χ1) is 14.1. The Kier molecular flexibility index (Phi) is 3.86. The van der Waals surface area contributed by atoms with Crippen LogP contribution in [0.3, 0.4) is 0 Å². The van der Waals surface area contributed by atoms with Crippen molar-refractivity contribution in [3.05, 3.63) is 80.7 Å². The van der Waals surface area contributed by atoms with Crippen LogP contribution in [0.15, 0.2) is 42.5 Å². The lowest BCUT2D eigenvalue weighted by molar-refractivity contribution is 0.656. The normalized spacial score (nSPS) is 18.0. The lowest BCUT2D eigenvalue weighted by Crippen LogP contribution is -2.40. The summed E-state index contributed by atoms with van der Waals surface area (Å²) in [6.07, 6.45) is 2.34. The summed E-state index contributed by atoms with van der Waals surface area (Å²) in [4.78, 5) is 0. The zero-order chi connectivity index (χ0) is 21.6. The number of benzene rings is 3. The largest absolute Gasteiger partial charge is 0.0795 e. The summed E-state index contributed by atoms with van der Waals surface area (Å²) in [5.41, 5.74) is 14.6. The van der Waals surface area contributed by atoms with Crippen LogP contribution in [0.4, 0.5) is 0 Å². The molecule has 5 rings (SSSR count). The first kappa shape index (κ1) is 19.4. The highest BCUT2D eigenvalue weighted by Gasteiger charge is 2.45. The maximum Gasteiger partial charge on any atom is 0.0165 e. The van der Waals surface area contributed by atoms with Gasteiger partial charge in [-0.3, -0.25) is 0 Å². The Morgan fingerprint density at radius 2 is 1.33 bits per heavy atom. The summed E-state index contributed by atoms with van der Waals surface area (Å²) in [5.74, 6) is 0. The van der Waals surface area contributed by atoms with Gasteiger partial charge in [0.1, 0.15) is 0 Å². The molecule has 0 unspecified atom stereocenters. The number of hydrogen-bond donors (Lipinski definition) is 0. The van der Waals surface area contributed by atoms with Crippen LogP contribution in [0, 0.1) is 13.8 Å². The highest BCUT2D eigenvalue weighted by molar-refractivity contribution is 5.96. The third kappa shape index (κ3) is 2.12. The Labute approximate surface area is 181 Å². The molecular weight excluding hydrogens is 360 g/mol. The lowest BCUT2D eigenvalue weighted by Gasteiger charge is -2.34. The van der Waals surface area contributed by atoms with Crippen molar-refractivity contribution in [1.29, 1.82) is 0 Å². The van der Waals surface area contributed by atoms with Crippen LogP contribution in [0.1, 0.15) is 69.4 Å². The number of hydrogen-bond acceptors (Lipinski definition) is 0. The molecule has 152 valence electrons. The van der Waals surface area contributed by atoms with Crippen LogP contribution in [-0.2, 0) is 10.8 Å². The van der Waals surface area contributed by atoms with E-state index in [0.717, 1.165) is 0 Å². The molecule has 0 aromatic heterocycles. The summed E-state index contributed by atoms with van der Waals surface area (Å²) in [7, 11) is 0. The topological polar surface area (TPSA) is 0 Å². The van der Waals surface area contributed by atoms with Gasteiger partial charge in [-0.2, -0.15) is 0 Å². The second-order valence-electron chi connectivity index (χ2n) is 10.2. The van der Waals surface area contributed by atoms with E-state index in [1.807, 2.05) is 0 Å². The molecule has 0 N–H and O–H groups in total. The Hall–Kier alpha value is -2.60. The molecule has 0 fully saturated rings. The maximum atomic E-state index is 2.43. The van der Waals surface area contributed by atoms with Crippen molar-refractivity contribution in [2.24, 2.45) is 0 Å². The van der Waals surface area contributed by atoms with Crippen LogP contribution in [-0.4, -0.2) is 0 Å². The van der Waals surface area contributed by atoms with Gasteiger partial charge in [0.2, 0.25) is 0 Å². The van der Waals surface area contributed by atoms with Gasteiger partial charge >= 0.3 is 0 Å². The monoisotopic (exact) mass is 392 g/mol. The van der Waals surface area contributed by atoms with Gasteiger partial charge in [0, 0.05) is 10.8 Å². The Bertz CT molecular complexity index is 1360. The number of rotatable bonds is 1. The zero-order valence-electron chi connectivity index (χ0n) is 19.6. The molecule has 0 saturated carbocycles. The molecule has 0 bridgehead atoms. The van der Waals surface area contributed by atoms with Crippen LogP contribution in [0.5, 0.6) is 0 Å². The van der Waals surface area contributed by atoms with Crippen molar-refractivity contribution >= 4 is 11.6 Å². The standard InChI is InChI=1S/C30H32/c1-9-20-18(3)24(21-14-11-10-13-17(21)2)28-27-25(20)19(4)29(5,6)22-15-12-16-23(26(22)27)30(28,7)8/h9-16H,1-8H3/b20-9-. The van der Waals surface area contributed by atoms with Crippen molar-refractivity contribution in [3.8, 4) is 22.3 Å². The van der Waals surface area contributed by atoms with Crippen LogP contribution >= 0.6 is 0 Å². The fourth-order valence-corrected chi connectivity index (χ4v) is 6.22. The molecule has 2 aliphatic carbocycles. The molecule has 0 radical (unpaired) electrons. The average Bonchev–Trinajstić information content (AvgIpc) is 2.94. The molecule has 3 aromatic carbocycles. The molecule has 0 atom stereocenters. The van der Waals surface area contributed by atoms with E-state index in [-0.39, 0.29) is 10.8 Å². The van der Waals surface area contributed by atoms with Gasteiger partial charge in [-0.25, -0.2) is 0 Å². The predicted molar refractivity (Wildman–Crippen MR) is 130 cm³/mol. The molecule has 0 heterocycles. The first-order valence-electron chi connectivity index (χ1n) is 11.2. The molecule has 3 aromatic rings. The SMILES string of the molecule is C/C=c1/c(C)c(-c2ccccc2C)c2c3c1=C(C)C(C)(C)c1cccc(c1-3)C2(C)C. The Balaban J connectivity index is 2.15. The molecule has 0 nitrogen and oxygen atoms in total. The van der Waals surface area contributed by atoms with E-state index >= 15 is 0 Å². The molecule has 0 aliphatic heterocycles. The fourth-order valence-electron chi connectivity index (χ4n) is 6.22. The minimum absolute atomic E-state index is 0.0230. The van der Waals surface area contributed by atoms with E-state index < -0.39 is 0 Å². The summed E-state index contributed by atoms with van der Waals surface area (Å²) < 4.78 is 0. The molecule has 2 aliphatic rings. The third-order valence-electron chi connectivity index (χ3n) is 8.10. The highest BCUT2D eigenvalue weighted by Crippen LogP contribution is 2.56. The third-order valence-corrected chi connectivity index (χ3v) is 8.10. The smallest absolute Gasteiger partial charge is 0.0165 e. The molecule has 0 heteroatoms. The van der Waals surface area contributed by atoms with E-state index in [9.17, 15) is 0 Å². The molecule has 0 saturated heterocycles. The van der Waals surface area contributed by atoms with Gasteiger partial charge in [-0.05, 0) is 88.2 Å². The summed E-state index contributed by atoms with van der Waals surface area (Å²) >= 11 is 0. The molecular formula is C30H32. The van der Waals surface area contributed by atoms with Gasteiger partial charge in [-0.15, -0.1) is 0 Å². The second kappa shape index (κ2) is 5.97. The highest BCUT2D eigenvalue weighted by atomic mass is 14.5. The zero-order valence-corrected chi connectivity index (χ0v) is 19.6. The van der Waals surface area contributed by atoms with Crippen molar-refractivity contribution in [3.63, 3.8) is 0 Å². The van der Waals surface area contributed by atoms with E-state index in [2.05, 4.69) is 104 Å². The van der Waals surface area contributed by atoms with E-state index in [1.54, 1.807) is 0 Å². The van der Waals surface area contributed by atoms with Gasteiger partial charge in [0.05, 0.1) is 0 Å². The van der Waals surface area contributed by atoms with Crippen LogP contribution < -0.4 is 10.4 Å². The van der Waals surface area contributed by atoms with E-state index in [1.165, 1.54) is 66.1 Å². The minimum atomic E-state index is -0.0230. The van der Waals surface area contributed by atoms with Crippen molar-refractivity contribution < 1.29 is 0 Å². The van der Waals surface area contributed by atoms with Gasteiger partial charge in [-0.1, -0.05) is 81.8 Å². The summed E-state index contributed by atoms with van der Waals surface area (Å²) in [6, 6.07) is 15.9. The Morgan fingerprint density at radius 1 is 0.700 bits per heavy atom. The van der Waals surface area contributed by atoms with Crippen molar-refractivity contribution in [2.45, 2.75) is 66.2 Å². The van der Waals surface area contributed by atoms with Crippen LogP contribution in [0.25, 0.3) is 33.9 Å². The number of aryl methyl sites for hydroxylation is 1. The second-order valence-corrected chi connectivity index (χ2v) is 10.2. The van der Waals surface area contributed by atoms with Crippen LogP contribution in [0.2, 0.25) is 0 Å². The summed E-state index contributed by atoms with van der Waals surface area (Å²) in [6.45, 7) is 18.8. The molecule has 30 heavy (non-hydrogen) atoms. The Morgan fingerprint density at radius 3 is 1.97 bits per heavy atom. The molecule has 0 amide bonds. The quantitative estimate of drug-likeness (QED) is 0.441. The minimum Gasteiger partial charge on any atom is -0.0795 e. The van der Waals surface area contributed by atoms with Gasteiger partial charge < -0.3 is 0 Å². The molecule has 0 spiro atoms. The van der Waals surface area contributed by atoms with Gasteiger partial charge in [0.25, 0.3) is 0 Å². The maximum absolute atomic E-state index is 2.43. The van der Waals surface area contributed by atoms with Crippen molar-refractivity contribution in [2.75, 3.05) is 0 Å². The summed E-state index contributed by atoms with van der Waals surface area (Å²) in [5, 5.41) is 2.90. The fraction of sp³-hybridized carbons (Fsp3) is 0.333. The average molecular weight is 393 g/mol. The predicted octanol–water partition coefficient (Wildman–Crippen LogP) is 6.54. The van der Waals surface area contributed by atoms with E-state index in [0.29, 0.717) is 0 Å². The lowest BCUT2D eigenvalue weighted by atomic mass is 9.69. The van der Waals surface area contributed by atoms with Gasteiger partial charge in [0.15, 0.2) is 0 Å². The first-order valence-corrected chi connectivity index (χ1v) is 11.2. The van der Waals surface area contributed by atoms with E-state index in [4.69, 9.17) is 0 Å². The van der Waals surface area contributed by atoms with Crippen molar-refractivity contribution in [1.82, 2.24) is 0 Å².